The van der Waals surface area contributed by atoms with Gasteiger partial charge in [-0.1, -0.05) is 38.0 Å². The summed E-state index contributed by atoms with van der Waals surface area (Å²) < 4.78 is 0. The first-order valence-corrected chi connectivity index (χ1v) is 6.14. The zero-order chi connectivity index (χ0) is 12.8. The molecule has 0 aromatic heterocycles. The Labute approximate surface area is 105 Å². The summed E-state index contributed by atoms with van der Waals surface area (Å²) in [4.78, 5) is 0. The van der Waals surface area contributed by atoms with Crippen LogP contribution in [0.15, 0.2) is 30.3 Å². The number of fused-ring (bicyclic) bond motifs is 1. The number of rotatable bonds is 0. The van der Waals surface area contributed by atoms with Gasteiger partial charge in [0.2, 0.25) is 0 Å². The molecule has 0 saturated heterocycles. The van der Waals surface area contributed by atoms with Crippen LogP contribution in [0.25, 0.3) is 10.8 Å². The summed E-state index contributed by atoms with van der Waals surface area (Å²) in [6, 6.07) is 10.8. The van der Waals surface area contributed by atoms with Crippen LogP contribution in [0.2, 0.25) is 0 Å². The molecule has 0 bridgehead atoms. The molecule has 0 aliphatic rings. The van der Waals surface area contributed by atoms with Crippen molar-refractivity contribution in [2.45, 2.75) is 34.6 Å². The van der Waals surface area contributed by atoms with Gasteiger partial charge in [-0.15, -0.1) is 5.92 Å². The van der Waals surface area contributed by atoms with E-state index in [0.29, 0.717) is 0 Å². The average Bonchev–Trinajstić information content (AvgIpc) is 2.34. The van der Waals surface area contributed by atoms with Crippen LogP contribution in [0, 0.1) is 25.7 Å². The molecule has 0 radical (unpaired) electrons. The molecule has 17 heavy (non-hydrogen) atoms. The van der Waals surface area contributed by atoms with Gasteiger partial charge in [-0.25, -0.2) is 0 Å². The Hall–Kier alpha value is -1.74. The number of aryl methyl sites for hydroxylation is 2. The standard InChI is InChI=1S/C15H14.C2H6/c1-4-5-13-6-7-14-8-11(2)12(3)9-15(14)10-13;1-2/h6-10H,1-3H3;1-2H3. The lowest BCUT2D eigenvalue weighted by atomic mass is 10.0. The van der Waals surface area contributed by atoms with E-state index >= 15 is 0 Å². The van der Waals surface area contributed by atoms with Crippen LogP contribution < -0.4 is 0 Å². The molecule has 88 valence electrons. The minimum atomic E-state index is 1.09. The third-order valence-corrected chi connectivity index (χ3v) is 2.72. The summed E-state index contributed by atoms with van der Waals surface area (Å²) in [5, 5.41) is 2.57. The van der Waals surface area contributed by atoms with Gasteiger partial charge in [-0.3, -0.25) is 0 Å². The zero-order valence-electron chi connectivity index (χ0n) is 11.4. The Balaban J connectivity index is 0.000000686. The first kappa shape index (κ1) is 13.3. The molecular formula is C17H20. The van der Waals surface area contributed by atoms with E-state index < -0.39 is 0 Å². The molecule has 0 atom stereocenters. The Morgan fingerprint density at radius 2 is 1.41 bits per heavy atom. The van der Waals surface area contributed by atoms with E-state index in [1.807, 2.05) is 20.8 Å². The van der Waals surface area contributed by atoms with Crippen molar-refractivity contribution < 1.29 is 0 Å². The molecule has 0 amide bonds. The molecule has 2 aromatic rings. The summed E-state index contributed by atoms with van der Waals surface area (Å²) in [7, 11) is 0. The Morgan fingerprint density at radius 1 is 0.824 bits per heavy atom. The van der Waals surface area contributed by atoms with Gasteiger partial charge in [0.15, 0.2) is 0 Å². The van der Waals surface area contributed by atoms with Gasteiger partial charge >= 0.3 is 0 Å². The molecule has 0 heteroatoms. The van der Waals surface area contributed by atoms with Gasteiger partial charge in [-0.2, -0.15) is 0 Å². The van der Waals surface area contributed by atoms with E-state index in [4.69, 9.17) is 0 Å². The van der Waals surface area contributed by atoms with Crippen molar-refractivity contribution in [2.75, 3.05) is 0 Å². The second-order valence-electron chi connectivity index (χ2n) is 3.87. The Bertz CT molecular complexity index is 566. The van der Waals surface area contributed by atoms with Crippen LogP contribution in [0.1, 0.15) is 37.5 Å². The fraction of sp³-hybridized carbons (Fsp3) is 0.294. The molecule has 0 saturated carbocycles. The second-order valence-corrected chi connectivity index (χ2v) is 3.87. The van der Waals surface area contributed by atoms with E-state index in [2.05, 4.69) is 56.0 Å². The maximum atomic E-state index is 3.08. The largest absolute Gasteiger partial charge is 0.101 e. The summed E-state index contributed by atoms with van der Waals surface area (Å²) in [6.07, 6.45) is 0. The fourth-order valence-electron chi connectivity index (χ4n) is 1.75. The van der Waals surface area contributed by atoms with Crippen LogP contribution in [0.3, 0.4) is 0 Å². The predicted molar refractivity (Wildman–Crippen MR) is 77.3 cm³/mol. The molecule has 2 aromatic carbocycles. The monoisotopic (exact) mass is 224 g/mol. The molecule has 0 nitrogen and oxygen atoms in total. The minimum absolute atomic E-state index is 1.09. The Morgan fingerprint density at radius 3 is 2.00 bits per heavy atom. The SMILES string of the molecule is CC.CC#Cc1ccc2cc(C)c(C)cc2c1. The first-order chi connectivity index (χ1) is 8.20. The smallest absolute Gasteiger partial charge is 0.0251 e. The molecule has 0 aliphatic heterocycles. The van der Waals surface area contributed by atoms with E-state index in [-0.39, 0.29) is 0 Å². The van der Waals surface area contributed by atoms with Crippen molar-refractivity contribution >= 4 is 10.8 Å². The van der Waals surface area contributed by atoms with Crippen LogP contribution in [0.4, 0.5) is 0 Å². The number of hydrogen-bond acceptors (Lipinski definition) is 0. The molecule has 2 rings (SSSR count). The predicted octanol–water partition coefficient (Wildman–Crippen LogP) is 4.85. The highest BCUT2D eigenvalue weighted by Gasteiger charge is 1.98. The normalized spacial score (nSPS) is 9.00. The molecule has 0 aliphatic carbocycles. The van der Waals surface area contributed by atoms with Crippen LogP contribution in [-0.4, -0.2) is 0 Å². The average molecular weight is 224 g/mol. The van der Waals surface area contributed by atoms with Crippen molar-refractivity contribution in [2.24, 2.45) is 0 Å². The maximum absolute atomic E-state index is 3.08. The van der Waals surface area contributed by atoms with E-state index in [9.17, 15) is 0 Å². The third-order valence-electron chi connectivity index (χ3n) is 2.72. The molecule has 0 unspecified atom stereocenters. The van der Waals surface area contributed by atoms with E-state index in [1.54, 1.807) is 0 Å². The lowest BCUT2D eigenvalue weighted by Crippen LogP contribution is -1.83. The molecule has 0 fully saturated rings. The first-order valence-electron chi connectivity index (χ1n) is 6.14. The summed E-state index contributed by atoms with van der Waals surface area (Å²) in [5.74, 6) is 6.01. The summed E-state index contributed by atoms with van der Waals surface area (Å²) in [5.41, 5.74) is 3.77. The second kappa shape index (κ2) is 6.11. The highest BCUT2D eigenvalue weighted by molar-refractivity contribution is 5.85. The highest BCUT2D eigenvalue weighted by Crippen LogP contribution is 2.20. The van der Waals surface area contributed by atoms with Gasteiger partial charge in [0.1, 0.15) is 0 Å². The fourth-order valence-corrected chi connectivity index (χ4v) is 1.75. The van der Waals surface area contributed by atoms with Gasteiger partial charge in [0.05, 0.1) is 0 Å². The van der Waals surface area contributed by atoms with Crippen LogP contribution in [0.5, 0.6) is 0 Å². The highest BCUT2D eigenvalue weighted by atomic mass is 14.0. The molecule has 0 N–H and O–H groups in total. The summed E-state index contributed by atoms with van der Waals surface area (Å²) in [6.45, 7) is 10.2. The topological polar surface area (TPSA) is 0 Å². The zero-order valence-corrected chi connectivity index (χ0v) is 11.4. The van der Waals surface area contributed by atoms with Gasteiger partial charge in [-0.05, 0) is 54.8 Å². The van der Waals surface area contributed by atoms with Gasteiger partial charge < -0.3 is 0 Å². The van der Waals surface area contributed by atoms with Crippen molar-refractivity contribution in [3.05, 3.63) is 47.0 Å². The Kier molecular flexibility index (Phi) is 4.79. The third kappa shape index (κ3) is 3.11. The molecular weight excluding hydrogens is 204 g/mol. The lowest BCUT2D eigenvalue weighted by molar-refractivity contribution is 1.36. The van der Waals surface area contributed by atoms with Crippen molar-refractivity contribution in [3.8, 4) is 11.8 Å². The van der Waals surface area contributed by atoms with Crippen molar-refractivity contribution in [1.29, 1.82) is 0 Å². The van der Waals surface area contributed by atoms with Crippen molar-refractivity contribution in [3.63, 3.8) is 0 Å². The molecule has 0 heterocycles. The number of hydrogen-bond donors (Lipinski definition) is 0. The van der Waals surface area contributed by atoms with Gasteiger partial charge in [0, 0.05) is 5.56 Å². The lowest BCUT2D eigenvalue weighted by Gasteiger charge is -2.04. The quantitative estimate of drug-likeness (QED) is 0.561. The van der Waals surface area contributed by atoms with E-state index in [1.165, 1.54) is 21.9 Å². The van der Waals surface area contributed by atoms with Crippen LogP contribution in [-0.2, 0) is 0 Å². The van der Waals surface area contributed by atoms with Gasteiger partial charge in [0.25, 0.3) is 0 Å². The number of benzene rings is 2. The van der Waals surface area contributed by atoms with E-state index in [0.717, 1.165) is 5.56 Å². The summed E-state index contributed by atoms with van der Waals surface area (Å²) >= 11 is 0. The van der Waals surface area contributed by atoms with Crippen molar-refractivity contribution in [1.82, 2.24) is 0 Å². The molecule has 0 spiro atoms. The minimum Gasteiger partial charge on any atom is -0.101 e. The van der Waals surface area contributed by atoms with Crippen LogP contribution >= 0.6 is 0 Å². The maximum Gasteiger partial charge on any atom is 0.0251 e.